The summed E-state index contributed by atoms with van der Waals surface area (Å²) >= 11 is 0. The molecule has 4 nitrogen and oxygen atoms in total. The molecule has 0 saturated heterocycles. The monoisotopic (exact) mass is 307 g/mol. The molecule has 1 N–H and O–H groups in total. The van der Waals surface area contributed by atoms with Crippen LogP contribution >= 0.6 is 0 Å². The number of halogens is 4. The van der Waals surface area contributed by atoms with Gasteiger partial charge in [-0.2, -0.15) is 13.2 Å². The van der Waals surface area contributed by atoms with Gasteiger partial charge in [0.25, 0.3) is 5.91 Å². The number of nitrogens with one attached hydrogen (secondary N) is 1. The average molecular weight is 307 g/mol. The predicted octanol–water partition coefficient (Wildman–Crippen LogP) is 2.53. The van der Waals surface area contributed by atoms with Crippen LogP contribution in [0.25, 0.3) is 0 Å². The fourth-order valence-corrected chi connectivity index (χ4v) is 1.51. The third-order valence-electron chi connectivity index (χ3n) is 2.61. The van der Waals surface area contributed by atoms with E-state index in [4.69, 9.17) is 0 Å². The highest BCUT2D eigenvalue weighted by Crippen LogP contribution is 2.30. The molecule has 0 unspecified atom stereocenters. The second-order valence-corrected chi connectivity index (χ2v) is 4.13. The molecule has 0 heterocycles. The van der Waals surface area contributed by atoms with Gasteiger partial charge in [-0.15, -0.1) is 0 Å². The maximum atomic E-state index is 13.4. The zero-order chi connectivity index (χ0) is 16.0. The summed E-state index contributed by atoms with van der Waals surface area (Å²) < 4.78 is 55.3. The van der Waals surface area contributed by atoms with E-state index >= 15 is 0 Å². The van der Waals surface area contributed by atoms with Crippen molar-refractivity contribution in [3.8, 4) is 0 Å². The van der Waals surface area contributed by atoms with E-state index in [0.29, 0.717) is 18.2 Å². The van der Waals surface area contributed by atoms with E-state index in [1.54, 1.807) is 0 Å². The molecular weight excluding hydrogens is 294 g/mol. The zero-order valence-corrected chi connectivity index (χ0v) is 11.1. The highest BCUT2D eigenvalue weighted by molar-refractivity contribution is 5.94. The highest BCUT2D eigenvalue weighted by atomic mass is 19.4. The van der Waals surface area contributed by atoms with Crippen molar-refractivity contribution in [1.29, 1.82) is 0 Å². The first-order valence-electron chi connectivity index (χ1n) is 5.97. The Morgan fingerprint density at radius 1 is 1.29 bits per heavy atom. The first kappa shape index (κ1) is 16.9. The summed E-state index contributed by atoms with van der Waals surface area (Å²) in [6.45, 7) is 0.0175. The van der Waals surface area contributed by atoms with Gasteiger partial charge >= 0.3 is 12.1 Å². The Morgan fingerprint density at radius 2 is 1.95 bits per heavy atom. The summed E-state index contributed by atoms with van der Waals surface area (Å²) in [4.78, 5) is 22.4. The van der Waals surface area contributed by atoms with Gasteiger partial charge in [-0.25, -0.2) is 4.39 Å². The van der Waals surface area contributed by atoms with Crippen molar-refractivity contribution in [2.45, 2.75) is 19.0 Å². The normalized spacial score (nSPS) is 11.1. The summed E-state index contributed by atoms with van der Waals surface area (Å²) in [7, 11) is 1.21. The van der Waals surface area contributed by atoms with Crippen molar-refractivity contribution in [2.24, 2.45) is 0 Å². The Hall–Kier alpha value is -2.12. The maximum Gasteiger partial charge on any atom is 0.416 e. The quantitative estimate of drug-likeness (QED) is 0.517. The SMILES string of the molecule is COC(=O)CCCNC(=O)c1cc(C(F)(F)F)ccc1F. The Morgan fingerprint density at radius 3 is 2.52 bits per heavy atom. The minimum atomic E-state index is -4.66. The molecule has 21 heavy (non-hydrogen) atoms. The first-order chi connectivity index (χ1) is 9.75. The lowest BCUT2D eigenvalue weighted by Gasteiger charge is -2.10. The molecule has 8 heteroatoms. The van der Waals surface area contributed by atoms with E-state index in [2.05, 4.69) is 10.1 Å². The lowest BCUT2D eigenvalue weighted by Crippen LogP contribution is -2.26. The Bertz CT molecular complexity index is 529. The molecule has 0 aromatic heterocycles. The lowest BCUT2D eigenvalue weighted by molar-refractivity contribution is -0.140. The van der Waals surface area contributed by atoms with Gasteiger partial charge in [0.15, 0.2) is 0 Å². The summed E-state index contributed by atoms with van der Waals surface area (Å²) in [5.74, 6) is -2.49. The molecule has 0 aliphatic rings. The summed E-state index contributed by atoms with van der Waals surface area (Å²) in [5.41, 5.74) is -1.80. The second kappa shape index (κ2) is 7.05. The summed E-state index contributed by atoms with van der Waals surface area (Å²) in [6, 6.07) is 1.60. The molecule has 0 fully saturated rings. The van der Waals surface area contributed by atoms with Gasteiger partial charge in [-0.05, 0) is 24.6 Å². The zero-order valence-electron chi connectivity index (χ0n) is 11.1. The molecule has 1 amide bonds. The number of hydrogen-bond acceptors (Lipinski definition) is 3. The summed E-state index contributed by atoms with van der Waals surface area (Å²) in [5, 5.41) is 2.24. The Labute approximate surface area is 118 Å². The van der Waals surface area contributed by atoms with Gasteiger partial charge in [-0.3, -0.25) is 9.59 Å². The van der Waals surface area contributed by atoms with Crippen molar-refractivity contribution >= 4 is 11.9 Å². The maximum absolute atomic E-state index is 13.4. The van der Waals surface area contributed by atoms with Crippen LogP contribution in [0.3, 0.4) is 0 Å². The molecule has 0 aliphatic heterocycles. The minimum absolute atomic E-state index is 0.0175. The topological polar surface area (TPSA) is 55.4 Å². The van der Waals surface area contributed by atoms with Crippen LogP contribution in [0.5, 0.6) is 0 Å². The standard InChI is InChI=1S/C13H13F4NO3/c1-21-11(19)3-2-6-18-12(20)9-7-8(13(15,16)17)4-5-10(9)14/h4-5,7H,2-3,6H2,1H3,(H,18,20). The third-order valence-corrected chi connectivity index (χ3v) is 2.61. The van der Waals surface area contributed by atoms with Gasteiger partial charge in [0.2, 0.25) is 0 Å². The van der Waals surface area contributed by atoms with Crippen LogP contribution in [0.15, 0.2) is 18.2 Å². The number of carbonyl (C=O) groups excluding carboxylic acids is 2. The van der Waals surface area contributed by atoms with E-state index in [9.17, 15) is 27.2 Å². The van der Waals surface area contributed by atoms with E-state index in [1.807, 2.05) is 0 Å². The van der Waals surface area contributed by atoms with Crippen LogP contribution < -0.4 is 5.32 Å². The Kier molecular flexibility index (Phi) is 5.69. The molecule has 0 radical (unpaired) electrons. The van der Waals surface area contributed by atoms with Gasteiger partial charge in [0, 0.05) is 13.0 Å². The fraction of sp³-hybridized carbons (Fsp3) is 0.385. The smallest absolute Gasteiger partial charge is 0.416 e. The van der Waals surface area contributed by atoms with Gasteiger partial charge in [0.1, 0.15) is 5.82 Å². The Balaban J connectivity index is 2.67. The number of hydrogen-bond donors (Lipinski definition) is 1. The number of benzene rings is 1. The van der Waals surface area contributed by atoms with E-state index in [1.165, 1.54) is 7.11 Å². The molecule has 0 spiro atoms. The van der Waals surface area contributed by atoms with Crippen molar-refractivity contribution in [2.75, 3.05) is 13.7 Å². The number of ether oxygens (including phenoxy) is 1. The van der Waals surface area contributed by atoms with Crippen LogP contribution in [-0.2, 0) is 15.7 Å². The molecule has 0 saturated carbocycles. The number of alkyl halides is 3. The molecule has 0 aliphatic carbocycles. The van der Waals surface area contributed by atoms with E-state index in [-0.39, 0.29) is 19.4 Å². The molecular formula is C13H13F4NO3. The van der Waals surface area contributed by atoms with Crippen LogP contribution in [0.2, 0.25) is 0 Å². The number of carbonyl (C=O) groups is 2. The van der Waals surface area contributed by atoms with Crippen molar-refractivity contribution < 1.29 is 31.9 Å². The van der Waals surface area contributed by atoms with Gasteiger partial charge in [-0.1, -0.05) is 0 Å². The largest absolute Gasteiger partial charge is 0.469 e. The van der Waals surface area contributed by atoms with Crippen LogP contribution in [0.1, 0.15) is 28.8 Å². The van der Waals surface area contributed by atoms with Crippen LogP contribution in [0.4, 0.5) is 17.6 Å². The predicted molar refractivity (Wildman–Crippen MR) is 65.0 cm³/mol. The number of methoxy groups -OCH3 is 1. The average Bonchev–Trinajstić information content (AvgIpc) is 2.42. The number of rotatable bonds is 5. The minimum Gasteiger partial charge on any atom is -0.469 e. The molecule has 0 bridgehead atoms. The molecule has 1 aromatic rings. The van der Waals surface area contributed by atoms with Crippen molar-refractivity contribution in [3.63, 3.8) is 0 Å². The lowest BCUT2D eigenvalue weighted by atomic mass is 10.1. The van der Waals surface area contributed by atoms with E-state index in [0.717, 1.165) is 0 Å². The second-order valence-electron chi connectivity index (χ2n) is 4.13. The summed E-state index contributed by atoms with van der Waals surface area (Å²) in [6.07, 6.45) is -4.38. The van der Waals surface area contributed by atoms with Crippen LogP contribution in [-0.4, -0.2) is 25.5 Å². The molecule has 1 aromatic carbocycles. The van der Waals surface area contributed by atoms with Crippen molar-refractivity contribution in [3.05, 3.63) is 35.1 Å². The number of amides is 1. The third kappa shape index (κ3) is 5.05. The van der Waals surface area contributed by atoms with Crippen LogP contribution in [0, 0.1) is 5.82 Å². The van der Waals surface area contributed by atoms with Crippen molar-refractivity contribution in [1.82, 2.24) is 5.32 Å². The van der Waals surface area contributed by atoms with Gasteiger partial charge in [0.05, 0.1) is 18.2 Å². The molecule has 116 valence electrons. The fourth-order valence-electron chi connectivity index (χ4n) is 1.51. The molecule has 0 atom stereocenters. The highest BCUT2D eigenvalue weighted by Gasteiger charge is 2.31. The van der Waals surface area contributed by atoms with E-state index < -0.39 is 35.0 Å². The molecule has 1 rings (SSSR count). The van der Waals surface area contributed by atoms with Gasteiger partial charge < -0.3 is 10.1 Å². The first-order valence-corrected chi connectivity index (χ1v) is 5.97. The number of esters is 1.